The number of ether oxygens (including phenoxy) is 2. The summed E-state index contributed by atoms with van der Waals surface area (Å²) in [5.74, 6) is 0.108. The molecule has 0 aliphatic carbocycles. The van der Waals surface area contributed by atoms with Crippen molar-refractivity contribution in [1.29, 1.82) is 0 Å². The molecule has 2 rings (SSSR count). The Morgan fingerprint density at radius 1 is 1.47 bits per heavy atom. The Bertz CT molecular complexity index is 260. The number of nitrogens with zero attached hydrogens (tertiary/aromatic N) is 1. The summed E-state index contributed by atoms with van der Waals surface area (Å²) in [5, 5.41) is 0. The minimum absolute atomic E-state index is 0.193. The van der Waals surface area contributed by atoms with E-state index in [2.05, 4.69) is 25.7 Å². The fourth-order valence-electron chi connectivity index (χ4n) is 2.88. The van der Waals surface area contributed by atoms with E-state index in [1.165, 1.54) is 6.42 Å². The molecule has 2 heterocycles. The summed E-state index contributed by atoms with van der Waals surface area (Å²) in [7, 11) is 0. The minimum Gasteiger partial charge on any atom is -0.347 e. The van der Waals surface area contributed by atoms with E-state index in [0.717, 1.165) is 19.5 Å². The molecule has 0 bridgehead atoms. The average Bonchev–Trinajstić information content (AvgIpc) is 2.86. The van der Waals surface area contributed by atoms with Crippen LogP contribution in [-0.2, 0) is 9.47 Å². The van der Waals surface area contributed by atoms with E-state index in [1.807, 2.05) is 0 Å². The predicted octanol–water partition coefficient (Wildman–Crippen LogP) is 1.20. The molecule has 4 heteroatoms. The molecule has 2 N–H and O–H groups in total. The average molecular weight is 242 g/mol. The third kappa shape index (κ3) is 2.81. The monoisotopic (exact) mass is 242 g/mol. The third-order valence-corrected chi connectivity index (χ3v) is 4.14. The van der Waals surface area contributed by atoms with Crippen LogP contribution in [-0.4, -0.2) is 49.1 Å². The highest BCUT2D eigenvalue weighted by molar-refractivity contribution is 4.89. The lowest BCUT2D eigenvalue weighted by Crippen LogP contribution is -2.39. The fraction of sp³-hybridized carbons (Fsp3) is 1.00. The van der Waals surface area contributed by atoms with Gasteiger partial charge in [-0.2, -0.15) is 0 Å². The number of rotatable bonds is 4. The molecule has 0 amide bonds. The maximum atomic E-state index is 6.07. The Morgan fingerprint density at radius 2 is 2.24 bits per heavy atom. The van der Waals surface area contributed by atoms with Gasteiger partial charge in [0.2, 0.25) is 0 Å². The number of hydrogen-bond donors (Lipinski definition) is 1. The molecule has 0 aromatic carbocycles. The van der Waals surface area contributed by atoms with E-state index in [9.17, 15) is 0 Å². The Balaban J connectivity index is 1.90. The van der Waals surface area contributed by atoms with Gasteiger partial charge in [0.1, 0.15) is 0 Å². The Morgan fingerprint density at radius 3 is 2.82 bits per heavy atom. The van der Waals surface area contributed by atoms with Crippen LogP contribution in [0.15, 0.2) is 0 Å². The van der Waals surface area contributed by atoms with Gasteiger partial charge in [-0.15, -0.1) is 0 Å². The molecule has 4 nitrogen and oxygen atoms in total. The van der Waals surface area contributed by atoms with E-state index in [-0.39, 0.29) is 11.9 Å². The van der Waals surface area contributed by atoms with Crippen molar-refractivity contribution < 1.29 is 9.47 Å². The zero-order chi connectivity index (χ0) is 12.5. The van der Waals surface area contributed by atoms with Crippen molar-refractivity contribution in [2.24, 2.45) is 11.7 Å². The van der Waals surface area contributed by atoms with Gasteiger partial charge in [0, 0.05) is 18.5 Å². The Labute approximate surface area is 104 Å². The van der Waals surface area contributed by atoms with Crippen LogP contribution >= 0.6 is 0 Å². The van der Waals surface area contributed by atoms with Gasteiger partial charge >= 0.3 is 0 Å². The van der Waals surface area contributed by atoms with Gasteiger partial charge in [0.05, 0.1) is 12.7 Å². The molecule has 100 valence electrons. The molecular formula is C13H26N2O2. The van der Waals surface area contributed by atoms with E-state index in [1.54, 1.807) is 0 Å². The SMILES string of the molecule is CC(C)N1CCC(C2(C)OCC(CCN)O2)C1. The van der Waals surface area contributed by atoms with Crippen LogP contribution in [0.5, 0.6) is 0 Å². The molecular weight excluding hydrogens is 216 g/mol. The van der Waals surface area contributed by atoms with Crippen molar-refractivity contribution in [3.8, 4) is 0 Å². The summed E-state index contributed by atoms with van der Waals surface area (Å²) in [6.45, 7) is 10.2. The summed E-state index contributed by atoms with van der Waals surface area (Å²) >= 11 is 0. The molecule has 2 aliphatic rings. The Hall–Kier alpha value is -0.160. The smallest absolute Gasteiger partial charge is 0.170 e. The van der Waals surface area contributed by atoms with Crippen LogP contribution < -0.4 is 5.73 Å². The van der Waals surface area contributed by atoms with Crippen molar-refractivity contribution >= 4 is 0 Å². The highest BCUT2D eigenvalue weighted by Gasteiger charge is 2.46. The van der Waals surface area contributed by atoms with Gasteiger partial charge in [-0.1, -0.05) is 0 Å². The van der Waals surface area contributed by atoms with E-state index in [4.69, 9.17) is 15.2 Å². The number of hydrogen-bond acceptors (Lipinski definition) is 4. The van der Waals surface area contributed by atoms with Crippen molar-refractivity contribution in [3.05, 3.63) is 0 Å². The van der Waals surface area contributed by atoms with Crippen LogP contribution in [0.4, 0.5) is 0 Å². The van der Waals surface area contributed by atoms with Gasteiger partial charge in [0.25, 0.3) is 0 Å². The second-order valence-corrected chi connectivity index (χ2v) is 5.72. The van der Waals surface area contributed by atoms with Crippen LogP contribution in [0, 0.1) is 5.92 Å². The van der Waals surface area contributed by atoms with Gasteiger partial charge in [-0.05, 0) is 46.7 Å². The van der Waals surface area contributed by atoms with Gasteiger partial charge in [-0.25, -0.2) is 0 Å². The van der Waals surface area contributed by atoms with Gasteiger partial charge < -0.3 is 20.1 Å². The fourth-order valence-corrected chi connectivity index (χ4v) is 2.88. The van der Waals surface area contributed by atoms with Gasteiger partial charge in [-0.3, -0.25) is 0 Å². The summed E-state index contributed by atoms with van der Waals surface area (Å²) in [6, 6.07) is 0.616. The van der Waals surface area contributed by atoms with Crippen LogP contribution in [0.2, 0.25) is 0 Å². The molecule has 0 radical (unpaired) electrons. The standard InChI is InChI=1S/C13H26N2O2/c1-10(2)15-7-5-11(8-15)13(3)16-9-12(17-13)4-6-14/h10-12H,4-9,14H2,1-3H3. The van der Waals surface area contributed by atoms with Crippen molar-refractivity contribution in [2.45, 2.75) is 51.5 Å². The largest absolute Gasteiger partial charge is 0.347 e. The molecule has 17 heavy (non-hydrogen) atoms. The van der Waals surface area contributed by atoms with Crippen LogP contribution in [0.1, 0.15) is 33.6 Å². The van der Waals surface area contributed by atoms with Crippen molar-refractivity contribution in [1.82, 2.24) is 4.90 Å². The molecule has 3 atom stereocenters. The molecule has 3 unspecified atom stereocenters. The van der Waals surface area contributed by atoms with E-state index in [0.29, 0.717) is 25.1 Å². The van der Waals surface area contributed by atoms with Crippen LogP contribution in [0.3, 0.4) is 0 Å². The summed E-state index contributed by atoms with van der Waals surface area (Å²) in [5.41, 5.74) is 5.57. The normalized spacial score (nSPS) is 39.4. The molecule has 0 aromatic rings. The van der Waals surface area contributed by atoms with Crippen molar-refractivity contribution in [2.75, 3.05) is 26.2 Å². The minimum atomic E-state index is -0.385. The second kappa shape index (κ2) is 5.22. The molecule has 2 aliphatic heterocycles. The topological polar surface area (TPSA) is 47.7 Å². The first kappa shape index (κ1) is 13.3. The first-order valence-electron chi connectivity index (χ1n) is 6.81. The predicted molar refractivity (Wildman–Crippen MR) is 67.7 cm³/mol. The van der Waals surface area contributed by atoms with Crippen molar-refractivity contribution in [3.63, 3.8) is 0 Å². The molecule has 0 spiro atoms. The van der Waals surface area contributed by atoms with E-state index >= 15 is 0 Å². The zero-order valence-electron chi connectivity index (χ0n) is 11.3. The molecule has 2 fully saturated rings. The maximum Gasteiger partial charge on any atom is 0.170 e. The first-order valence-corrected chi connectivity index (χ1v) is 6.81. The molecule has 0 saturated carbocycles. The quantitative estimate of drug-likeness (QED) is 0.804. The van der Waals surface area contributed by atoms with Gasteiger partial charge in [0.15, 0.2) is 5.79 Å². The Kier molecular flexibility index (Phi) is 4.08. The molecule has 2 saturated heterocycles. The number of nitrogens with two attached hydrogens (primary N) is 1. The lowest BCUT2D eigenvalue weighted by atomic mass is 9.99. The zero-order valence-corrected chi connectivity index (χ0v) is 11.3. The lowest BCUT2D eigenvalue weighted by Gasteiger charge is -2.30. The molecule has 0 aromatic heterocycles. The third-order valence-electron chi connectivity index (χ3n) is 4.14. The first-order chi connectivity index (χ1) is 8.05. The van der Waals surface area contributed by atoms with Crippen LogP contribution in [0.25, 0.3) is 0 Å². The summed E-state index contributed by atoms with van der Waals surface area (Å²) in [6.07, 6.45) is 2.26. The highest BCUT2D eigenvalue weighted by atomic mass is 16.7. The van der Waals surface area contributed by atoms with E-state index < -0.39 is 0 Å². The summed E-state index contributed by atoms with van der Waals surface area (Å²) < 4.78 is 12.0. The maximum absolute atomic E-state index is 6.07. The second-order valence-electron chi connectivity index (χ2n) is 5.72. The number of likely N-dealkylation sites (tertiary alicyclic amines) is 1. The highest BCUT2D eigenvalue weighted by Crippen LogP contribution is 2.37. The summed E-state index contributed by atoms with van der Waals surface area (Å²) in [4.78, 5) is 2.50. The lowest BCUT2D eigenvalue weighted by molar-refractivity contribution is -0.188.